The number of carbonyl (C=O) groups excluding carboxylic acids is 2. The van der Waals surface area contributed by atoms with Crippen LogP contribution in [0.2, 0.25) is 0 Å². The fourth-order valence-electron chi connectivity index (χ4n) is 5.75. The monoisotopic (exact) mass is 457 g/mol. The first-order valence-corrected chi connectivity index (χ1v) is 11.9. The van der Waals surface area contributed by atoms with E-state index < -0.39 is 6.09 Å². The summed E-state index contributed by atoms with van der Waals surface area (Å²) >= 11 is 1.38. The molecule has 1 aromatic carbocycles. The smallest absolute Gasteiger partial charge is 0.406 e. The van der Waals surface area contributed by atoms with Crippen molar-refractivity contribution in [3.8, 4) is 5.88 Å². The molecule has 2 N–H and O–H groups in total. The summed E-state index contributed by atoms with van der Waals surface area (Å²) in [6, 6.07) is 9.93. The minimum Gasteiger partial charge on any atom is -0.473 e. The van der Waals surface area contributed by atoms with Crippen molar-refractivity contribution >= 4 is 23.8 Å². The first-order valence-electron chi connectivity index (χ1n) is 11.1. The molecular formula is C23H27N3O5S. The van der Waals surface area contributed by atoms with E-state index in [1.165, 1.54) is 44.6 Å². The summed E-state index contributed by atoms with van der Waals surface area (Å²) in [6.45, 7) is 0.408. The van der Waals surface area contributed by atoms with Crippen LogP contribution in [0.1, 0.15) is 36.2 Å². The lowest BCUT2D eigenvalue weighted by atomic mass is 9.79. The van der Waals surface area contributed by atoms with Gasteiger partial charge in [0.25, 0.3) is 11.8 Å². The lowest BCUT2D eigenvalue weighted by Gasteiger charge is -2.32. The number of nitrogens with zero attached hydrogens (tertiary/aromatic N) is 1. The maximum Gasteiger partial charge on any atom is 0.406 e. The summed E-state index contributed by atoms with van der Waals surface area (Å²) in [4.78, 5) is 26.0. The number of carbonyl (C=O) groups is 2. The van der Waals surface area contributed by atoms with Gasteiger partial charge in [0.15, 0.2) is 0 Å². The third-order valence-electron chi connectivity index (χ3n) is 6.94. The van der Waals surface area contributed by atoms with Gasteiger partial charge in [0.05, 0.1) is 13.7 Å². The van der Waals surface area contributed by atoms with Gasteiger partial charge in [-0.1, -0.05) is 30.0 Å². The van der Waals surface area contributed by atoms with Crippen LogP contribution < -0.4 is 15.4 Å². The van der Waals surface area contributed by atoms with Crippen molar-refractivity contribution in [1.82, 2.24) is 15.8 Å². The molecule has 32 heavy (non-hydrogen) atoms. The van der Waals surface area contributed by atoms with Crippen molar-refractivity contribution in [3.63, 3.8) is 0 Å². The van der Waals surface area contributed by atoms with Crippen molar-refractivity contribution < 1.29 is 23.6 Å². The van der Waals surface area contributed by atoms with E-state index in [0.29, 0.717) is 16.7 Å². The average Bonchev–Trinajstić information content (AvgIpc) is 3.41. The van der Waals surface area contributed by atoms with Gasteiger partial charge in [-0.05, 0) is 66.6 Å². The number of benzene rings is 1. The molecule has 2 aromatic rings. The van der Waals surface area contributed by atoms with Gasteiger partial charge in [-0.25, -0.2) is 4.79 Å². The summed E-state index contributed by atoms with van der Waals surface area (Å²) in [5.74, 6) is 2.96. The highest BCUT2D eigenvalue weighted by atomic mass is 32.2. The molecule has 6 rings (SSSR count). The Balaban J connectivity index is 1.31. The van der Waals surface area contributed by atoms with Crippen LogP contribution in [-0.4, -0.2) is 43.5 Å². The molecule has 0 spiro atoms. The Kier molecular flexibility index (Phi) is 5.99. The van der Waals surface area contributed by atoms with E-state index in [4.69, 9.17) is 9.26 Å². The second-order valence-electron chi connectivity index (χ2n) is 8.82. The Bertz CT molecular complexity index is 977. The van der Waals surface area contributed by atoms with Gasteiger partial charge < -0.3 is 24.6 Å². The molecule has 5 unspecified atom stereocenters. The SMILES string of the molecule is COC(=O)NCCOc1noc(C(=O)NC2C3CC4CC(C3)C2C4)c1Sc1ccccc1. The third kappa shape index (κ3) is 4.18. The van der Waals surface area contributed by atoms with Crippen molar-refractivity contribution in [2.45, 2.75) is 41.5 Å². The number of rotatable bonds is 8. The first-order chi connectivity index (χ1) is 15.6. The average molecular weight is 458 g/mol. The quantitative estimate of drug-likeness (QED) is 0.582. The molecule has 9 heteroatoms. The van der Waals surface area contributed by atoms with Gasteiger partial charge in [-0.2, -0.15) is 0 Å². The van der Waals surface area contributed by atoms with E-state index in [1.807, 2.05) is 30.3 Å². The molecule has 8 nitrogen and oxygen atoms in total. The van der Waals surface area contributed by atoms with Crippen molar-refractivity contribution in [2.24, 2.45) is 23.7 Å². The van der Waals surface area contributed by atoms with Crippen molar-refractivity contribution in [1.29, 1.82) is 0 Å². The Hall–Kier alpha value is -2.68. The van der Waals surface area contributed by atoms with Crippen LogP contribution in [0, 0.1) is 23.7 Å². The Morgan fingerprint density at radius 3 is 2.75 bits per heavy atom. The Morgan fingerprint density at radius 2 is 1.97 bits per heavy atom. The van der Waals surface area contributed by atoms with E-state index in [0.717, 1.165) is 16.7 Å². The Labute approximate surface area is 190 Å². The Morgan fingerprint density at radius 1 is 1.16 bits per heavy atom. The molecule has 0 radical (unpaired) electrons. The molecule has 170 valence electrons. The standard InChI is InChI=1S/C23H27N3O5S/c1-29-23(28)24-7-8-30-22-20(32-16-5-3-2-4-6-16)19(31-26-22)21(27)25-18-15-10-13-9-14(12-15)17(18)11-13/h2-6,13-15,17-18H,7-12H2,1H3,(H,24,28)(H,25,27). The number of ether oxygens (including phenoxy) is 2. The zero-order valence-corrected chi connectivity index (χ0v) is 18.7. The van der Waals surface area contributed by atoms with Gasteiger partial charge in [0, 0.05) is 10.9 Å². The minimum absolute atomic E-state index is 0.168. The first kappa shape index (κ1) is 21.2. The molecule has 4 saturated carbocycles. The van der Waals surface area contributed by atoms with Gasteiger partial charge in [-0.15, -0.1) is 0 Å². The second kappa shape index (κ2) is 9.05. The van der Waals surface area contributed by atoms with Gasteiger partial charge in [0.1, 0.15) is 11.5 Å². The predicted molar refractivity (Wildman–Crippen MR) is 117 cm³/mol. The number of hydrogen-bond acceptors (Lipinski definition) is 7. The highest BCUT2D eigenvalue weighted by molar-refractivity contribution is 7.99. The molecule has 5 atom stereocenters. The minimum atomic E-state index is -0.535. The van der Waals surface area contributed by atoms with Crippen LogP contribution >= 0.6 is 11.8 Å². The largest absolute Gasteiger partial charge is 0.473 e. The van der Waals surface area contributed by atoms with Crippen LogP contribution in [0.3, 0.4) is 0 Å². The topological polar surface area (TPSA) is 103 Å². The van der Waals surface area contributed by atoms with Gasteiger partial charge in [0.2, 0.25) is 5.76 Å². The van der Waals surface area contributed by atoms with E-state index in [9.17, 15) is 9.59 Å². The third-order valence-corrected chi connectivity index (χ3v) is 8.01. The molecule has 1 heterocycles. The molecule has 4 fully saturated rings. The zero-order chi connectivity index (χ0) is 22.1. The molecular weight excluding hydrogens is 430 g/mol. The number of amides is 2. The molecule has 2 amide bonds. The number of methoxy groups -OCH3 is 1. The molecule has 4 aliphatic rings. The van der Waals surface area contributed by atoms with Crippen LogP contribution in [0.5, 0.6) is 5.88 Å². The lowest BCUT2D eigenvalue weighted by molar-refractivity contribution is 0.0853. The number of nitrogens with one attached hydrogen (secondary N) is 2. The summed E-state index contributed by atoms with van der Waals surface area (Å²) in [5.41, 5.74) is 0. The maximum atomic E-state index is 13.2. The van der Waals surface area contributed by atoms with E-state index in [1.54, 1.807) is 0 Å². The molecule has 4 bridgehead atoms. The fourth-order valence-corrected chi connectivity index (χ4v) is 6.69. The molecule has 0 saturated heterocycles. The number of aromatic nitrogens is 1. The van der Waals surface area contributed by atoms with Crippen LogP contribution in [0.25, 0.3) is 0 Å². The summed E-state index contributed by atoms with van der Waals surface area (Å²) < 4.78 is 15.8. The fraction of sp³-hybridized carbons (Fsp3) is 0.522. The lowest BCUT2D eigenvalue weighted by Crippen LogP contribution is -2.44. The van der Waals surface area contributed by atoms with Crippen molar-refractivity contribution in [2.75, 3.05) is 20.3 Å². The molecule has 0 aliphatic heterocycles. The highest BCUT2D eigenvalue weighted by Gasteiger charge is 2.54. The van der Waals surface area contributed by atoms with Gasteiger partial charge >= 0.3 is 6.09 Å². The zero-order valence-electron chi connectivity index (χ0n) is 17.9. The second-order valence-corrected chi connectivity index (χ2v) is 9.90. The number of hydrogen-bond donors (Lipinski definition) is 2. The van der Waals surface area contributed by atoms with Crippen molar-refractivity contribution in [3.05, 3.63) is 36.1 Å². The normalized spacial score (nSPS) is 27.3. The van der Waals surface area contributed by atoms with Gasteiger partial charge in [-0.3, -0.25) is 4.79 Å². The van der Waals surface area contributed by atoms with E-state index in [-0.39, 0.29) is 36.7 Å². The summed E-state index contributed by atoms with van der Waals surface area (Å²) in [7, 11) is 1.30. The van der Waals surface area contributed by atoms with E-state index in [2.05, 4.69) is 20.5 Å². The van der Waals surface area contributed by atoms with E-state index >= 15 is 0 Å². The van der Waals surface area contributed by atoms with Crippen LogP contribution in [0.15, 0.2) is 44.6 Å². The molecule has 4 aliphatic carbocycles. The maximum absolute atomic E-state index is 13.2. The highest BCUT2D eigenvalue weighted by Crippen LogP contribution is 2.58. The van der Waals surface area contributed by atoms with Crippen LogP contribution in [0.4, 0.5) is 4.79 Å². The summed E-state index contributed by atoms with van der Waals surface area (Å²) in [5, 5.41) is 9.84. The summed E-state index contributed by atoms with van der Waals surface area (Å²) in [6.07, 6.45) is 4.47. The predicted octanol–water partition coefficient (Wildman–Crippen LogP) is 3.73. The molecule has 1 aromatic heterocycles. The number of alkyl carbamates (subject to hydrolysis) is 1. The van der Waals surface area contributed by atoms with Crippen LogP contribution in [-0.2, 0) is 4.74 Å².